The van der Waals surface area contributed by atoms with Gasteiger partial charge in [0.2, 0.25) is 11.2 Å². The van der Waals surface area contributed by atoms with Gasteiger partial charge in [0.1, 0.15) is 5.58 Å². The molecule has 4 rings (SSSR count). The van der Waals surface area contributed by atoms with Crippen LogP contribution in [-0.2, 0) is 11.2 Å². The first kappa shape index (κ1) is 21.7. The largest absolute Gasteiger partial charge is 0.476 e. The molecule has 0 aliphatic heterocycles. The highest BCUT2D eigenvalue weighted by molar-refractivity contribution is 6.31. The fourth-order valence-corrected chi connectivity index (χ4v) is 3.54. The molecule has 0 atom stereocenters. The summed E-state index contributed by atoms with van der Waals surface area (Å²) < 4.78 is 11.8. The lowest BCUT2D eigenvalue weighted by molar-refractivity contribution is -0.118. The quantitative estimate of drug-likeness (QED) is 0.393. The van der Waals surface area contributed by atoms with Crippen molar-refractivity contribution in [1.82, 2.24) is 0 Å². The van der Waals surface area contributed by atoms with Crippen molar-refractivity contribution in [2.24, 2.45) is 0 Å². The van der Waals surface area contributed by atoms with Crippen molar-refractivity contribution in [2.75, 3.05) is 11.9 Å². The minimum Gasteiger partial charge on any atom is -0.476 e. The van der Waals surface area contributed by atoms with E-state index in [9.17, 15) is 9.59 Å². The average molecular weight is 448 g/mol. The van der Waals surface area contributed by atoms with E-state index >= 15 is 0 Å². The number of hydrogen-bond acceptors (Lipinski definition) is 4. The van der Waals surface area contributed by atoms with E-state index in [2.05, 4.69) is 5.32 Å². The van der Waals surface area contributed by atoms with Crippen molar-refractivity contribution in [2.45, 2.75) is 20.3 Å². The van der Waals surface area contributed by atoms with Crippen LogP contribution in [0.2, 0.25) is 5.02 Å². The maximum atomic E-state index is 13.3. The molecule has 6 heteroatoms. The van der Waals surface area contributed by atoms with Gasteiger partial charge in [-0.25, -0.2) is 0 Å². The summed E-state index contributed by atoms with van der Waals surface area (Å²) in [6.07, 6.45) is 0.785. The van der Waals surface area contributed by atoms with Crippen LogP contribution in [0, 0.1) is 6.92 Å². The van der Waals surface area contributed by atoms with Crippen LogP contribution in [0.5, 0.6) is 5.75 Å². The molecule has 0 bridgehead atoms. The Hall–Kier alpha value is -3.57. The SMILES string of the molecule is CCc1ccc2oc(-c3ccccc3)c(OCC(=O)Nc3ccc(C)c(Cl)c3)c(=O)c2c1. The van der Waals surface area contributed by atoms with Crippen LogP contribution in [0.3, 0.4) is 0 Å². The zero-order valence-electron chi connectivity index (χ0n) is 17.8. The fourth-order valence-electron chi connectivity index (χ4n) is 3.36. The van der Waals surface area contributed by atoms with Crippen LogP contribution in [0.1, 0.15) is 18.1 Å². The number of amides is 1. The number of ether oxygens (including phenoxy) is 1. The standard InChI is InChI=1S/C26H22ClNO4/c1-3-17-10-12-22-20(13-17)24(30)26(25(32-22)18-7-5-4-6-8-18)31-15-23(29)28-19-11-9-16(2)21(27)14-19/h4-14H,3,15H2,1-2H3,(H,28,29). The van der Waals surface area contributed by atoms with E-state index in [1.54, 1.807) is 24.3 Å². The van der Waals surface area contributed by atoms with Crippen LogP contribution in [0.15, 0.2) is 75.9 Å². The molecule has 1 aromatic heterocycles. The van der Waals surface area contributed by atoms with Gasteiger partial charge in [0.15, 0.2) is 12.4 Å². The normalized spacial score (nSPS) is 10.8. The maximum Gasteiger partial charge on any atom is 0.262 e. The molecule has 0 saturated heterocycles. The number of benzene rings is 3. The van der Waals surface area contributed by atoms with Gasteiger partial charge in [-0.2, -0.15) is 0 Å². The van der Waals surface area contributed by atoms with Crippen molar-refractivity contribution in [1.29, 1.82) is 0 Å². The Morgan fingerprint density at radius 3 is 2.56 bits per heavy atom. The number of anilines is 1. The van der Waals surface area contributed by atoms with Crippen LogP contribution < -0.4 is 15.5 Å². The first-order valence-electron chi connectivity index (χ1n) is 10.3. The van der Waals surface area contributed by atoms with Crippen LogP contribution in [0.25, 0.3) is 22.3 Å². The van der Waals surface area contributed by atoms with Crippen molar-refractivity contribution in [3.05, 3.63) is 93.1 Å². The molecule has 0 radical (unpaired) electrons. The summed E-state index contributed by atoms with van der Waals surface area (Å²) in [7, 11) is 0. The molecule has 1 N–H and O–H groups in total. The number of rotatable bonds is 6. The Morgan fingerprint density at radius 1 is 1.06 bits per heavy atom. The summed E-state index contributed by atoms with van der Waals surface area (Å²) in [6.45, 7) is 3.54. The molecule has 1 amide bonds. The van der Waals surface area contributed by atoms with E-state index in [0.29, 0.717) is 33.0 Å². The number of carbonyl (C=O) groups excluding carboxylic acids is 1. The Balaban J connectivity index is 1.68. The van der Waals surface area contributed by atoms with Crippen LogP contribution >= 0.6 is 11.6 Å². The molecule has 3 aromatic carbocycles. The van der Waals surface area contributed by atoms with Gasteiger partial charge in [-0.05, 0) is 48.7 Å². The highest BCUT2D eigenvalue weighted by Crippen LogP contribution is 2.31. The smallest absolute Gasteiger partial charge is 0.262 e. The molecular weight excluding hydrogens is 426 g/mol. The number of fused-ring (bicyclic) bond motifs is 1. The number of carbonyl (C=O) groups is 1. The maximum absolute atomic E-state index is 13.3. The van der Waals surface area contributed by atoms with Gasteiger partial charge in [-0.1, -0.05) is 61.0 Å². The molecule has 0 aliphatic carbocycles. The first-order valence-corrected chi connectivity index (χ1v) is 10.7. The molecule has 0 unspecified atom stereocenters. The molecule has 162 valence electrons. The highest BCUT2D eigenvalue weighted by Gasteiger charge is 2.19. The summed E-state index contributed by atoms with van der Waals surface area (Å²) in [6, 6.07) is 20.0. The van der Waals surface area contributed by atoms with Gasteiger partial charge in [-0.3, -0.25) is 9.59 Å². The Morgan fingerprint density at radius 2 is 1.84 bits per heavy atom. The lowest BCUT2D eigenvalue weighted by Gasteiger charge is -2.12. The van der Waals surface area contributed by atoms with E-state index in [1.807, 2.05) is 56.3 Å². The van der Waals surface area contributed by atoms with Crippen molar-refractivity contribution in [3.63, 3.8) is 0 Å². The molecule has 5 nitrogen and oxygen atoms in total. The predicted octanol–water partition coefficient (Wildman–Crippen LogP) is 6.00. The Kier molecular flexibility index (Phi) is 6.28. The van der Waals surface area contributed by atoms with E-state index < -0.39 is 5.91 Å². The van der Waals surface area contributed by atoms with E-state index in [0.717, 1.165) is 17.5 Å². The zero-order chi connectivity index (χ0) is 22.7. The van der Waals surface area contributed by atoms with Gasteiger partial charge in [0, 0.05) is 16.3 Å². The minimum absolute atomic E-state index is 0.00837. The second-order valence-corrected chi connectivity index (χ2v) is 7.85. The van der Waals surface area contributed by atoms with E-state index in [-0.39, 0.29) is 17.8 Å². The lowest BCUT2D eigenvalue weighted by atomic mass is 10.1. The van der Waals surface area contributed by atoms with Crippen molar-refractivity contribution in [3.8, 4) is 17.1 Å². The molecule has 0 fully saturated rings. The third-order valence-electron chi connectivity index (χ3n) is 5.16. The summed E-state index contributed by atoms with van der Waals surface area (Å²) in [5.41, 5.74) is 3.32. The number of aryl methyl sites for hydroxylation is 2. The molecule has 1 heterocycles. The second-order valence-electron chi connectivity index (χ2n) is 7.44. The zero-order valence-corrected chi connectivity index (χ0v) is 18.5. The van der Waals surface area contributed by atoms with Gasteiger partial charge in [0.05, 0.1) is 5.39 Å². The Bertz CT molecular complexity index is 1350. The van der Waals surface area contributed by atoms with Crippen molar-refractivity contribution < 1.29 is 13.9 Å². The molecule has 32 heavy (non-hydrogen) atoms. The molecule has 0 spiro atoms. The second kappa shape index (κ2) is 9.28. The third kappa shape index (κ3) is 4.53. The van der Waals surface area contributed by atoms with Gasteiger partial charge < -0.3 is 14.5 Å². The van der Waals surface area contributed by atoms with Crippen LogP contribution in [-0.4, -0.2) is 12.5 Å². The lowest BCUT2D eigenvalue weighted by Crippen LogP contribution is -2.22. The summed E-state index contributed by atoms with van der Waals surface area (Å²) >= 11 is 6.12. The van der Waals surface area contributed by atoms with E-state index in [1.165, 1.54) is 0 Å². The van der Waals surface area contributed by atoms with Crippen molar-refractivity contribution >= 4 is 34.2 Å². The summed E-state index contributed by atoms with van der Waals surface area (Å²) in [4.78, 5) is 25.8. The molecule has 0 saturated carbocycles. The number of hydrogen-bond donors (Lipinski definition) is 1. The topological polar surface area (TPSA) is 68.5 Å². The van der Waals surface area contributed by atoms with Gasteiger partial charge in [0.25, 0.3) is 5.91 Å². The minimum atomic E-state index is -0.411. The fraction of sp³-hybridized carbons (Fsp3) is 0.154. The average Bonchev–Trinajstić information content (AvgIpc) is 2.81. The van der Waals surface area contributed by atoms with Crippen LogP contribution in [0.4, 0.5) is 5.69 Å². The first-order chi connectivity index (χ1) is 15.5. The summed E-state index contributed by atoms with van der Waals surface area (Å²) in [5.74, 6) is -0.113. The number of nitrogens with one attached hydrogen (secondary N) is 1. The van der Waals surface area contributed by atoms with E-state index in [4.69, 9.17) is 20.8 Å². The molecule has 0 aliphatic rings. The highest BCUT2D eigenvalue weighted by atomic mass is 35.5. The molecule has 4 aromatic rings. The monoisotopic (exact) mass is 447 g/mol. The molecular formula is C26H22ClNO4. The number of halogens is 1. The predicted molar refractivity (Wildman–Crippen MR) is 128 cm³/mol. The third-order valence-corrected chi connectivity index (χ3v) is 5.57. The summed E-state index contributed by atoms with van der Waals surface area (Å²) in [5, 5.41) is 3.71. The van der Waals surface area contributed by atoms with Gasteiger partial charge >= 0.3 is 0 Å². The Labute approximate surface area is 190 Å². The van der Waals surface area contributed by atoms with Gasteiger partial charge in [-0.15, -0.1) is 0 Å².